The number of piperazine rings is 1. The third kappa shape index (κ3) is 3.04. The highest BCUT2D eigenvalue weighted by Crippen LogP contribution is 2.42. The predicted octanol–water partition coefficient (Wildman–Crippen LogP) is 3.64. The fourth-order valence-corrected chi connectivity index (χ4v) is 3.63. The molecule has 1 aromatic carbocycles. The first-order chi connectivity index (χ1) is 9.39. The number of nitrogens with zero attached hydrogens (tertiary/aromatic N) is 1. The lowest BCUT2D eigenvalue weighted by Gasteiger charge is -2.51. The normalized spacial score (nSPS) is 30.4. The number of nitrogens with one attached hydrogen (secondary N) is 1. The largest absolute Gasteiger partial charge is 0.308 e. The summed E-state index contributed by atoms with van der Waals surface area (Å²) in [5, 5.41) is 3.83. The maximum absolute atomic E-state index is 3.83. The lowest BCUT2D eigenvalue weighted by molar-refractivity contribution is 0.0178. The van der Waals surface area contributed by atoms with E-state index in [0.717, 1.165) is 25.6 Å². The van der Waals surface area contributed by atoms with Crippen LogP contribution in [0.2, 0.25) is 0 Å². The first-order valence-corrected chi connectivity index (χ1v) is 8.71. The van der Waals surface area contributed by atoms with Crippen LogP contribution in [0.15, 0.2) is 24.3 Å². The van der Waals surface area contributed by atoms with Gasteiger partial charge in [-0.3, -0.25) is 4.90 Å². The highest BCUT2D eigenvalue weighted by atomic mass is 127. The minimum Gasteiger partial charge on any atom is -0.308 e. The van der Waals surface area contributed by atoms with Crippen molar-refractivity contribution < 1.29 is 0 Å². The third-order valence-electron chi connectivity index (χ3n) is 5.07. The summed E-state index contributed by atoms with van der Waals surface area (Å²) in [6, 6.07) is 8.97. The number of rotatable bonds is 3. The van der Waals surface area contributed by atoms with Gasteiger partial charge in [-0.1, -0.05) is 12.1 Å². The van der Waals surface area contributed by atoms with Gasteiger partial charge < -0.3 is 5.32 Å². The molecule has 1 unspecified atom stereocenters. The van der Waals surface area contributed by atoms with Crippen LogP contribution in [0, 0.1) is 9.49 Å². The van der Waals surface area contributed by atoms with E-state index in [2.05, 4.69) is 77.8 Å². The summed E-state index contributed by atoms with van der Waals surface area (Å²) in [6.07, 6.45) is 2.81. The summed E-state index contributed by atoms with van der Waals surface area (Å²) >= 11 is 2.37. The Bertz CT molecular complexity index is 478. The second kappa shape index (κ2) is 5.25. The van der Waals surface area contributed by atoms with Crippen LogP contribution in [-0.2, 0) is 6.54 Å². The zero-order valence-corrected chi connectivity index (χ0v) is 14.9. The maximum atomic E-state index is 3.83. The van der Waals surface area contributed by atoms with Crippen LogP contribution in [0.1, 0.15) is 39.2 Å². The Morgan fingerprint density at radius 3 is 2.45 bits per heavy atom. The van der Waals surface area contributed by atoms with E-state index >= 15 is 0 Å². The fraction of sp³-hybridized carbons (Fsp3) is 0.647. The molecule has 0 amide bonds. The zero-order chi connectivity index (χ0) is 14.4. The van der Waals surface area contributed by atoms with Crippen molar-refractivity contribution >= 4 is 22.6 Å². The van der Waals surface area contributed by atoms with Crippen molar-refractivity contribution in [3.8, 4) is 0 Å². The van der Waals surface area contributed by atoms with Crippen molar-refractivity contribution in [2.75, 3.05) is 13.1 Å². The average molecular weight is 384 g/mol. The lowest BCUT2D eigenvalue weighted by atomic mass is 9.86. The molecule has 3 heteroatoms. The Labute approximate surface area is 136 Å². The molecule has 2 aliphatic rings. The van der Waals surface area contributed by atoms with Gasteiger partial charge in [0.1, 0.15) is 0 Å². The van der Waals surface area contributed by atoms with Gasteiger partial charge in [0, 0.05) is 34.3 Å². The summed E-state index contributed by atoms with van der Waals surface area (Å²) in [6.45, 7) is 10.5. The predicted molar refractivity (Wildman–Crippen MR) is 92.8 cm³/mol. The second-order valence-electron chi connectivity index (χ2n) is 7.34. The Morgan fingerprint density at radius 1 is 1.20 bits per heavy atom. The van der Waals surface area contributed by atoms with Gasteiger partial charge in [-0.05, 0) is 79.8 Å². The highest BCUT2D eigenvalue weighted by molar-refractivity contribution is 14.1. The van der Waals surface area contributed by atoms with Gasteiger partial charge in [0.05, 0.1) is 0 Å². The standard InChI is InChI=1S/C17H25IN2/c1-16(2)11-19-17(3,14-6-7-14)12-20(16)10-13-4-8-15(18)9-5-13/h4-5,8-9,14,19H,6-7,10-12H2,1-3H3. The summed E-state index contributed by atoms with van der Waals surface area (Å²) < 4.78 is 1.31. The van der Waals surface area contributed by atoms with E-state index in [9.17, 15) is 0 Å². The lowest BCUT2D eigenvalue weighted by Crippen LogP contribution is -2.67. The van der Waals surface area contributed by atoms with Crippen molar-refractivity contribution in [1.82, 2.24) is 10.2 Å². The van der Waals surface area contributed by atoms with Crippen LogP contribution < -0.4 is 5.32 Å². The van der Waals surface area contributed by atoms with Gasteiger partial charge in [-0.2, -0.15) is 0 Å². The first kappa shape index (κ1) is 14.8. The van der Waals surface area contributed by atoms with Crippen molar-refractivity contribution in [3.05, 3.63) is 33.4 Å². The molecule has 3 rings (SSSR count). The van der Waals surface area contributed by atoms with Crippen LogP contribution >= 0.6 is 22.6 Å². The Balaban J connectivity index is 1.75. The minimum absolute atomic E-state index is 0.234. The Morgan fingerprint density at radius 2 is 1.85 bits per heavy atom. The van der Waals surface area contributed by atoms with E-state index in [4.69, 9.17) is 0 Å². The fourth-order valence-electron chi connectivity index (χ4n) is 3.27. The molecule has 110 valence electrons. The molecule has 1 saturated heterocycles. The van der Waals surface area contributed by atoms with Gasteiger partial charge in [0.25, 0.3) is 0 Å². The summed E-state index contributed by atoms with van der Waals surface area (Å²) in [5.74, 6) is 0.887. The van der Waals surface area contributed by atoms with Gasteiger partial charge in [-0.15, -0.1) is 0 Å². The molecule has 1 aliphatic heterocycles. The minimum atomic E-state index is 0.234. The Kier molecular flexibility index (Phi) is 3.89. The molecule has 1 atom stereocenters. The zero-order valence-electron chi connectivity index (χ0n) is 12.7. The molecular weight excluding hydrogens is 359 g/mol. The van der Waals surface area contributed by atoms with Crippen LogP contribution in [0.5, 0.6) is 0 Å². The first-order valence-electron chi connectivity index (χ1n) is 7.64. The van der Waals surface area contributed by atoms with E-state index < -0.39 is 0 Å². The molecule has 1 saturated carbocycles. The number of hydrogen-bond acceptors (Lipinski definition) is 2. The van der Waals surface area contributed by atoms with Crippen molar-refractivity contribution in [2.45, 2.75) is 51.2 Å². The second-order valence-corrected chi connectivity index (χ2v) is 8.59. The summed E-state index contributed by atoms with van der Waals surface area (Å²) in [5.41, 5.74) is 1.98. The van der Waals surface area contributed by atoms with Gasteiger partial charge in [0.2, 0.25) is 0 Å². The van der Waals surface area contributed by atoms with E-state index in [1.807, 2.05) is 0 Å². The van der Waals surface area contributed by atoms with E-state index in [1.165, 1.54) is 22.0 Å². The number of benzene rings is 1. The Hall–Kier alpha value is -0.130. The van der Waals surface area contributed by atoms with E-state index in [1.54, 1.807) is 0 Å². The molecule has 20 heavy (non-hydrogen) atoms. The van der Waals surface area contributed by atoms with Crippen molar-refractivity contribution in [3.63, 3.8) is 0 Å². The number of halogens is 1. The average Bonchev–Trinajstić information content (AvgIpc) is 3.22. The molecule has 0 spiro atoms. The molecule has 1 aliphatic carbocycles. The summed E-state index contributed by atoms with van der Waals surface area (Å²) in [4.78, 5) is 2.67. The van der Waals surface area contributed by atoms with Gasteiger partial charge in [-0.25, -0.2) is 0 Å². The molecule has 2 nitrogen and oxygen atoms in total. The quantitative estimate of drug-likeness (QED) is 0.801. The van der Waals surface area contributed by atoms with Gasteiger partial charge >= 0.3 is 0 Å². The smallest absolute Gasteiger partial charge is 0.0309 e. The third-order valence-corrected chi connectivity index (χ3v) is 5.78. The molecular formula is C17H25IN2. The van der Waals surface area contributed by atoms with Crippen LogP contribution in [0.25, 0.3) is 0 Å². The van der Waals surface area contributed by atoms with Crippen LogP contribution in [-0.4, -0.2) is 29.1 Å². The van der Waals surface area contributed by atoms with Crippen LogP contribution in [0.4, 0.5) is 0 Å². The number of hydrogen-bond donors (Lipinski definition) is 1. The molecule has 1 heterocycles. The summed E-state index contributed by atoms with van der Waals surface area (Å²) in [7, 11) is 0. The van der Waals surface area contributed by atoms with Crippen LogP contribution in [0.3, 0.4) is 0 Å². The van der Waals surface area contributed by atoms with Crippen molar-refractivity contribution in [1.29, 1.82) is 0 Å². The molecule has 1 N–H and O–H groups in total. The van der Waals surface area contributed by atoms with Gasteiger partial charge in [0.15, 0.2) is 0 Å². The van der Waals surface area contributed by atoms with E-state index in [-0.39, 0.29) is 5.54 Å². The molecule has 1 aromatic rings. The molecule has 0 bridgehead atoms. The monoisotopic (exact) mass is 384 g/mol. The highest BCUT2D eigenvalue weighted by Gasteiger charge is 2.47. The maximum Gasteiger partial charge on any atom is 0.0309 e. The molecule has 0 aromatic heterocycles. The topological polar surface area (TPSA) is 15.3 Å². The SMILES string of the molecule is CC1(C2CC2)CN(Cc2ccc(I)cc2)C(C)(C)CN1. The van der Waals surface area contributed by atoms with E-state index in [0.29, 0.717) is 5.54 Å². The van der Waals surface area contributed by atoms with Crippen molar-refractivity contribution in [2.24, 2.45) is 5.92 Å². The molecule has 0 radical (unpaired) electrons. The molecule has 2 fully saturated rings.